The monoisotopic (exact) mass is 259 g/mol. The van der Waals surface area contributed by atoms with Gasteiger partial charge < -0.3 is 14.8 Å². The van der Waals surface area contributed by atoms with Crippen LogP contribution in [0.25, 0.3) is 0 Å². The summed E-state index contributed by atoms with van der Waals surface area (Å²) < 4.78 is 11.5. The van der Waals surface area contributed by atoms with Crippen molar-refractivity contribution in [3.05, 3.63) is 23.8 Å². The Morgan fingerprint density at radius 2 is 2.11 bits per heavy atom. The van der Waals surface area contributed by atoms with E-state index in [1.165, 1.54) is 0 Å². The summed E-state index contributed by atoms with van der Waals surface area (Å²) in [5.41, 5.74) is 1.16. The maximum absolute atomic E-state index is 5.78. The molecular formula is C16H21NO2. The van der Waals surface area contributed by atoms with E-state index in [0.29, 0.717) is 0 Å². The molecule has 0 unspecified atom stereocenters. The van der Waals surface area contributed by atoms with E-state index < -0.39 is 0 Å². The number of fused-ring (bicyclic) bond motifs is 1. The van der Waals surface area contributed by atoms with Crippen LogP contribution in [0.3, 0.4) is 0 Å². The lowest BCUT2D eigenvalue weighted by Crippen LogP contribution is -2.15. The van der Waals surface area contributed by atoms with Gasteiger partial charge in [-0.3, -0.25) is 0 Å². The smallest absolute Gasteiger partial charge is 0.165 e. The lowest BCUT2D eigenvalue weighted by atomic mass is 10.1. The molecule has 102 valence electrons. The second-order valence-corrected chi connectivity index (χ2v) is 4.63. The van der Waals surface area contributed by atoms with E-state index in [0.717, 1.165) is 69.0 Å². The van der Waals surface area contributed by atoms with Gasteiger partial charge in [0.25, 0.3) is 0 Å². The van der Waals surface area contributed by atoms with Gasteiger partial charge in [0, 0.05) is 24.9 Å². The summed E-state index contributed by atoms with van der Waals surface area (Å²) in [7, 11) is 0. The van der Waals surface area contributed by atoms with Crippen LogP contribution >= 0.6 is 0 Å². The van der Waals surface area contributed by atoms with E-state index in [9.17, 15) is 0 Å². The Labute approximate surface area is 115 Å². The average Bonchev–Trinajstić information content (AvgIpc) is 2.68. The summed E-state index contributed by atoms with van der Waals surface area (Å²) in [4.78, 5) is 0. The molecule has 3 nitrogen and oxygen atoms in total. The predicted octanol–water partition coefficient (Wildman–Crippen LogP) is 2.74. The number of ether oxygens (including phenoxy) is 2. The zero-order valence-corrected chi connectivity index (χ0v) is 11.3. The number of unbranched alkanes of at least 4 members (excludes halogenated alkanes) is 2. The predicted molar refractivity (Wildman–Crippen MR) is 76.4 cm³/mol. The van der Waals surface area contributed by atoms with Crippen LogP contribution in [-0.4, -0.2) is 19.8 Å². The van der Waals surface area contributed by atoms with Gasteiger partial charge in [0.2, 0.25) is 0 Å². The van der Waals surface area contributed by atoms with Crippen molar-refractivity contribution < 1.29 is 9.47 Å². The first-order valence-electron chi connectivity index (χ1n) is 6.93. The number of rotatable bonds is 6. The summed E-state index contributed by atoms with van der Waals surface area (Å²) in [5, 5.41) is 3.43. The Hall–Kier alpha value is -1.66. The first-order valence-corrected chi connectivity index (χ1v) is 6.93. The van der Waals surface area contributed by atoms with Crippen LogP contribution in [0.4, 0.5) is 0 Å². The third-order valence-corrected chi connectivity index (χ3v) is 3.09. The van der Waals surface area contributed by atoms with Crippen LogP contribution < -0.4 is 14.8 Å². The Balaban J connectivity index is 1.85. The molecular weight excluding hydrogens is 238 g/mol. The van der Waals surface area contributed by atoms with Crippen molar-refractivity contribution in [3.63, 3.8) is 0 Å². The van der Waals surface area contributed by atoms with Crippen LogP contribution in [0, 0.1) is 12.3 Å². The lowest BCUT2D eigenvalue weighted by molar-refractivity contribution is 0.296. The van der Waals surface area contributed by atoms with Gasteiger partial charge in [-0.1, -0.05) is 12.1 Å². The van der Waals surface area contributed by atoms with E-state index in [1.807, 2.05) is 12.1 Å². The minimum Gasteiger partial charge on any atom is -0.490 e. The number of terminal acetylenes is 1. The van der Waals surface area contributed by atoms with E-state index in [2.05, 4.69) is 17.3 Å². The number of nitrogens with one attached hydrogen (secondary N) is 1. The first-order chi connectivity index (χ1) is 9.42. The molecule has 1 aromatic rings. The summed E-state index contributed by atoms with van der Waals surface area (Å²) in [6, 6.07) is 6.07. The molecule has 0 saturated heterocycles. The second kappa shape index (κ2) is 7.70. The van der Waals surface area contributed by atoms with E-state index in [-0.39, 0.29) is 0 Å². The molecule has 19 heavy (non-hydrogen) atoms. The fraction of sp³-hybridized carbons (Fsp3) is 0.500. The maximum atomic E-state index is 5.78. The molecule has 0 fully saturated rings. The fourth-order valence-electron chi connectivity index (χ4n) is 2.09. The lowest BCUT2D eigenvalue weighted by Gasteiger charge is -2.12. The molecule has 0 atom stereocenters. The van der Waals surface area contributed by atoms with E-state index in [1.54, 1.807) is 0 Å². The first kappa shape index (κ1) is 13.8. The van der Waals surface area contributed by atoms with Gasteiger partial charge in [0.05, 0.1) is 13.2 Å². The zero-order chi connectivity index (χ0) is 13.3. The van der Waals surface area contributed by atoms with Crippen molar-refractivity contribution >= 4 is 0 Å². The van der Waals surface area contributed by atoms with Gasteiger partial charge >= 0.3 is 0 Å². The second-order valence-electron chi connectivity index (χ2n) is 4.63. The quantitative estimate of drug-likeness (QED) is 0.629. The molecule has 0 saturated carbocycles. The van der Waals surface area contributed by atoms with Crippen LogP contribution in [0.5, 0.6) is 11.5 Å². The average molecular weight is 259 g/mol. The molecule has 1 aliphatic heterocycles. The molecule has 1 aliphatic rings. The van der Waals surface area contributed by atoms with Gasteiger partial charge in [0.1, 0.15) is 0 Å². The molecule has 0 bridgehead atoms. The topological polar surface area (TPSA) is 30.5 Å². The molecule has 0 aromatic heterocycles. The van der Waals surface area contributed by atoms with E-state index in [4.69, 9.17) is 15.9 Å². The summed E-state index contributed by atoms with van der Waals surface area (Å²) in [5.74, 6) is 4.42. The molecule has 1 aromatic carbocycles. The number of benzene rings is 1. The molecule has 2 rings (SSSR count). The van der Waals surface area contributed by atoms with Crippen LogP contribution in [0.15, 0.2) is 18.2 Å². The standard InChI is InChI=1S/C16H21NO2/c1-2-3-4-5-10-17-13-14-8-6-9-15-16(14)19-12-7-11-18-15/h1,6,8-9,17H,3-5,7,10-13H2. The van der Waals surface area contributed by atoms with Crippen LogP contribution in [0.2, 0.25) is 0 Å². The number of hydrogen-bond donors (Lipinski definition) is 1. The maximum Gasteiger partial charge on any atom is 0.165 e. The Kier molecular flexibility index (Phi) is 5.58. The third kappa shape index (κ3) is 4.18. The highest BCUT2D eigenvalue weighted by Crippen LogP contribution is 2.33. The SMILES string of the molecule is C#CCCCCNCc1cccc2c1OCCCO2. The van der Waals surface area contributed by atoms with Gasteiger partial charge in [-0.05, 0) is 25.5 Å². The third-order valence-electron chi connectivity index (χ3n) is 3.09. The highest BCUT2D eigenvalue weighted by molar-refractivity contribution is 5.46. The Morgan fingerprint density at radius 1 is 1.21 bits per heavy atom. The molecule has 1 N–H and O–H groups in total. The summed E-state index contributed by atoms with van der Waals surface area (Å²) >= 11 is 0. The molecule has 0 aliphatic carbocycles. The molecule has 0 radical (unpaired) electrons. The van der Waals surface area contributed by atoms with Crippen LogP contribution in [0.1, 0.15) is 31.2 Å². The molecule has 0 spiro atoms. The largest absolute Gasteiger partial charge is 0.490 e. The van der Waals surface area contributed by atoms with Gasteiger partial charge in [-0.2, -0.15) is 0 Å². The fourth-order valence-corrected chi connectivity index (χ4v) is 2.09. The van der Waals surface area contributed by atoms with Crippen molar-refractivity contribution in [1.29, 1.82) is 0 Å². The number of hydrogen-bond acceptors (Lipinski definition) is 3. The van der Waals surface area contributed by atoms with Crippen molar-refractivity contribution in [2.24, 2.45) is 0 Å². The van der Waals surface area contributed by atoms with Crippen molar-refractivity contribution in [1.82, 2.24) is 5.32 Å². The molecule has 0 amide bonds. The van der Waals surface area contributed by atoms with Crippen LogP contribution in [-0.2, 0) is 6.54 Å². The zero-order valence-electron chi connectivity index (χ0n) is 11.3. The van der Waals surface area contributed by atoms with Crippen molar-refractivity contribution in [3.8, 4) is 23.8 Å². The van der Waals surface area contributed by atoms with Gasteiger partial charge in [0.15, 0.2) is 11.5 Å². The molecule has 1 heterocycles. The normalized spacial score (nSPS) is 13.6. The Bertz CT molecular complexity index is 437. The van der Waals surface area contributed by atoms with E-state index >= 15 is 0 Å². The van der Waals surface area contributed by atoms with Gasteiger partial charge in [-0.15, -0.1) is 12.3 Å². The van der Waals surface area contributed by atoms with Crippen molar-refractivity contribution in [2.75, 3.05) is 19.8 Å². The van der Waals surface area contributed by atoms with Crippen molar-refractivity contribution in [2.45, 2.75) is 32.2 Å². The summed E-state index contributed by atoms with van der Waals surface area (Å²) in [6.07, 6.45) is 9.21. The van der Waals surface area contributed by atoms with Gasteiger partial charge in [-0.25, -0.2) is 0 Å². The molecule has 3 heteroatoms. The number of para-hydroxylation sites is 1. The highest BCUT2D eigenvalue weighted by atomic mass is 16.5. The minimum atomic E-state index is 0.728. The highest BCUT2D eigenvalue weighted by Gasteiger charge is 2.13. The minimum absolute atomic E-state index is 0.728. The Morgan fingerprint density at radius 3 is 3.00 bits per heavy atom. The summed E-state index contributed by atoms with van der Waals surface area (Å²) in [6.45, 7) is 3.25.